The van der Waals surface area contributed by atoms with Gasteiger partial charge in [0.05, 0.1) is 17.3 Å². The fourth-order valence-electron chi connectivity index (χ4n) is 3.21. The van der Waals surface area contributed by atoms with Gasteiger partial charge >= 0.3 is 0 Å². The zero-order chi connectivity index (χ0) is 19.6. The molecule has 0 bridgehead atoms. The third-order valence-electron chi connectivity index (χ3n) is 4.95. The third-order valence-corrected chi connectivity index (χ3v) is 7.81. The van der Waals surface area contributed by atoms with Crippen molar-refractivity contribution in [2.45, 2.75) is 37.8 Å². The molecule has 146 valence electrons. The molecular weight excluding hydrogens is 382 g/mol. The molecule has 1 aromatic heterocycles. The topological polar surface area (TPSA) is 81.9 Å². The lowest BCUT2D eigenvalue weighted by Crippen LogP contribution is -2.11. The van der Waals surface area contributed by atoms with Gasteiger partial charge in [0.25, 0.3) is 0 Å². The monoisotopic (exact) mass is 407 g/mol. The molecule has 1 atom stereocenters. The number of aromatic nitrogens is 3. The number of thioether (sulfide) groups is 1. The van der Waals surface area contributed by atoms with Crippen molar-refractivity contribution < 1.29 is 13.2 Å². The number of ketones is 1. The van der Waals surface area contributed by atoms with Crippen LogP contribution in [0.4, 0.5) is 0 Å². The molecule has 1 aliphatic rings. The normalized spacial score (nSPS) is 18.9. The van der Waals surface area contributed by atoms with Gasteiger partial charge in [-0.1, -0.05) is 49.9 Å². The number of sulfone groups is 1. The Hall–Kier alpha value is -1.67. The molecule has 1 aliphatic heterocycles. The van der Waals surface area contributed by atoms with Crippen molar-refractivity contribution in [3.63, 3.8) is 0 Å². The molecule has 1 fully saturated rings. The summed E-state index contributed by atoms with van der Waals surface area (Å²) in [6.07, 6.45) is 1.29. The molecule has 2 heterocycles. The van der Waals surface area contributed by atoms with Crippen LogP contribution in [0.15, 0.2) is 29.4 Å². The Bertz CT molecular complexity index is 918. The Morgan fingerprint density at radius 1 is 1.26 bits per heavy atom. The minimum Gasteiger partial charge on any atom is -0.309 e. The standard InChI is InChI=1S/C19H25N3O3S2/c1-13(2)15-4-6-16(7-5-15)17(23)11-26-19-21-20-18(22(19)3)10-14-8-9-27(24,25)12-14/h4-7,13-14H,8-12H2,1-3H3. The highest BCUT2D eigenvalue weighted by molar-refractivity contribution is 7.99. The number of nitrogens with zero attached hydrogens (tertiary/aromatic N) is 3. The van der Waals surface area contributed by atoms with E-state index in [4.69, 9.17) is 0 Å². The van der Waals surface area contributed by atoms with E-state index in [1.54, 1.807) is 0 Å². The van der Waals surface area contributed by atoms with E-state index in [9.17, 15) is 13.2 Å². The molecule has 8 heteroatoms. The predicted molar refractivity (Wildman–Crippen MR) is 107 cm³/mol. The van der Waals surface area contributed by atoms with Crippen LogP contribution in [0.3, 0.4) is 0 Å². The molecule has 0 aliphatic carbocycles. The molecule has 1 unspecified atom stereocenters. The summed E-state index contributed by atoms with van der Waals surface area (Å²) < 4.78 is 25.1. The van der Waals surface area contributed by atoms with Gasteiger partial charge in [0.2, 0.25) is 0 Å². The van der Waals surface area contributed by atoms with Crippen molar-refractivity contribution >= 4 is 27.4 Å². The van der Waals surface area contributed by atoms with Crippen molar-refractivity contribution in [3.05, 3.63) is 41.2 Å². The molecule has 2 aromatic rings. The van der Waals surface area contributed by atoms with Crippen LogP contribution in [-0.2, 0) is 23.3 Å². The number of carbonyl (C=O) groups excluding carboxylic acids is 1. The first-order valence-corrected chi connectivity index (χ1v) is 11.9. The Labute approximate surface area is 164 Å². The van der Waals surface area contributed by atoms with Gasteiger partial charge in [0.1, 0.15) is 5.82 Å². The third kappa shape index (κ3) is 4.99. The minimum absolute atomic E-state index is 0.0572. The molecule has 6 nitrogen and oxygen atoms in total. The summed E-state index contributed by atoms with van der Waals surface area (Å²) >= 11 is 1.36. The zero-order valence-corrected chi connectivity index (χ0v) is 17.5. The largest absolute Gasteiger partial charge is 0.309 e. The zero-order valence-electron chi connectivity index (χ0n) is 15.9. The maximum absolute atomic E-state index is 12.4. The lowest BCUT2D eigenvalue weighted by molar-refractivity contribution is 0.102. The molecule has 0 radical (unpaired) electrons. The summed E-state index contributed by atoms with van der Waals surface area (Å²) in [5.74, 6) is 2.17. The van der Waals surface area contributed by atoms with Crippen LogP contribution in [0.25, 0.3) is 0 Å². The van der Waals surface area contributed by atoms with E-state index in [1.165, 1.54) is 17.3 Å². The second kappa shape index (κ2) is 8.14. The molecule has 1 saturated heterocycles. The quantitative estimate of drug-likeness (QED) is 0.518. The highest BCUT2D eigenvalue weighted by atomic mass is 32.2. The van der Waals surface area contributed by atoms with E-state index in [1.807, 2.05) is 35.9 Å². The van der Waals surface area contributed by atoms with Gasteiger partial charge in [-0.2, -0.15) is 0 Å². The Balaban J connectivity index is 1.58. The van der Waals surface area contributed by atoms with Crippen molar-refractivity contribution in [1.82, 2.24) is 14.8 Å². The van der Waals surface area contributed by atoms with Crippen molar-refractivity contribution in [2.75, 3.05) is 17.3 Å². The van der Waals surface area contributed by atoms with E-state index in [-0.39, 0.29) is 23.2 Å². The van der Waals surface area contributed by atoms with Gasteiger partial charge in [-0.05, 0) is 23.8 Å². The number of benzene rings is 1. The highest BCUT2D eigenvalue weighted by Crippen LogP contribution is 2.24. The van der Waals surface area contributed by atoms with Gasteiger partial charge in [0, 0.05) is 19.0 Å². The van der Waals surface area contributed by atoms with Crippen LogP contribution in [-0.4, -0.2) is 46.2 Å². The Kier molecular flexibility index (Phi) is 6.05. The van der Waals surface area contributed by atoms with E-state index in [0.29, 0.717) is 35.2 Å². The molecular formula is C19H25N3O3S2. The van der Waals surface area contributed by atoms with E-state index in [2.05, 4.69) is 24.0 Å². The maximum Gasteiger partial charge on any atom is 0.191 e. The summed E-state index contributed by atoms with van der Waals surface area (Å²) in [5.41, 5.74) is 1.91. The Morgan fingerprint density at radius 3 is 2.56 bits per heavy atom. The molecule has 0 saturated carbocycles. The van der Waals surface area contributed by atoms with Gasteiger partial charge in [-0.25, -0.2) is 8.42 Å². The molecule has 0 N–H and O–H groups in total. The summed E-state index contributed by atoms with van der Waals surface area (Å²) in [6.45, 7) is 4.25. The van der Waals surface area contributed by atoms with Crippen LogP contribution >= 0.6 is 11.8 Å². The fraction of sp³-hybridized carbons (Fsp3) is 0.526. The van der Waals surface area contributed by atoms with Crippen LogP contribution in [0.2, 0.25) is 0 Å². The first-order chi connectivity index (χ1) is 12.7. The number of hydrogen-bond donors (Lipinski definition) is 0. The summed E-state index contributed by atoms with van der Waals surface area (Å²) in [7, 11) is -1.03. The predicted octanol–water partition coefficient (Wildman–Crippen LogP) is 2.89. The molecule has 27 heavy (non-hydrogen) atoms. The minimum atomic E-state index is -2.89. The average molecular weight is 408 g/mol. The molecule has 0 spiro atoms. The van der Waals surface area contributed by atoms with E-state index < -0.39 is 9.84 Å². The number of hydrogen-bond acceptors (Lipinski definition) is 6. The smallest absolute Gasteiger partial charge is 0.191 e. The summed E-state index contributed by atoms with van der Waals surface area (Å²) in [6, 6.07) is 7.75. The first-order valence-electron chi connectivity index (χ1n) is 9.10. The Morgan fingerprint density at radius 2 is 1.96 bits per heavy atom. The van der Waals surface area contributed by atoms with E-state index in [0.717, 1.165) is 5.82 Å². The van der Waals surface area contributed by atoms with Crippen LogP contribution < -0.4 is 0 Å². The van der Waals surface area contributed by atoms with Crippen molar-refractivity contribution in [1.29, 1.82) is 0 Å². The number of carbonyl (C=O) groups is 1. The summed E-state index contributed by atoms with van der Waals surface area (Å²) in [5, 5.41) is 9.04. The fourth-order valence-corrected chi connectivity index (χ4v) is 5.89. The maximum atomic E-state index is 12.4. The first kappa shape index (κ1) is 20.1. The van der Waals surface area contributed by atoms with Crippen LogP contribution in [0, 0.1) is 5.92 Å². The lowest BCUT2D eigenvalue weighted by atomic mass is 10.0. The molecule has 1 aromatic carbocycles. The van der Waals surface area contributed by atoms with Crippen LogP contribution in [0.5, 0.6) is 0 Å². The van der Waals surface area contributed by atoms with Gasteiger partial charge in [-0.3, -0.25) is 4.79 Å². The van der Waals surface area contributed by atoms with Crippen molar-refractivity contribution in [3.8, 4) is 0 Å². The van der Waals surface area contributed by atoms with Crippen LogP contribution in [0.1, 0.15) is 47.9 Å². The second-order valence-corrected chi connectivity index (χ2v) is 10.6. The number of rotatable bonds is 7. The SMILES string of the molecule is CC(C)c1ccc(C(=O)CSc2nnc(CC3CCS(=O)(=O)C3)n2C)cc1. The van der Waals surface area contributed by atoms with Gasteiger partial charge in [0.15, 0.2) is 20.8 Å². The average Bonchev–Trinajstić information content (AvgIpc) is 3.15. The van der Waals surface area contributed by atoms with Crippen molar-refractivity contribution in [2.24, 2.45) is 13.0 Å². The van der Waals surface area contributed by atoms with Gasteiger partial charge in [-0.15, -0.1) is 10.2 Å². The van der Waals surface area contributed by atoms with Gasteiger partial charge < -0.3 is 4.57 Å². The highest BCUT2D eigenvalue weighted by Gasteiger charge is 2.29. The summed E-state index contributed by atoms with van der Waals surface area (Å²) in [4.78, 5) is 12.4. The lowest BCUT2D eigenvalue weighted by Gasteiger charge is -2.08. The number of Topliss-reactive ketones (excluding diaryl/α,β-unsaturated/α-hetero) is 1. The molecule has 3 rings (SSSR count). The van der Waals surface area contributed by atoms with E-state index >= 15 is 0 Å². The molecule has 0 amide bonds. The second-order valence-electron chi connectivity index (χ2n) is 7.42.